The molecule has 0 bridgehead atoms. The van der Waals surface area contributed by atoms with Gasteiger partial charge in [-0.15, -0.1) is 0 Å². The van der Waals surface area contributed by atoms with Crippen LogP contribution in [0.1, 0.15) is 33.3 Å². The number of nitrogens with one attached hydrogen (secondary N) is 1. The Labute approximate surface area is 205 Å². The molecule has 33 heavy (non-hydrogen) atoms. The summed E-state index contributed by atoms with van der Waals surface area (Å²) in [4.78, 5) is 27.7. The number of carbonyl (C=O) groups is 2. The van der Waals surface area contributed by atoms with Gasteiger partial charge in [0.2, 0.25) is 21.8 Å². The van der Waals surface area contributed by atoms with Crippen molar-refractivity contribution in [3.63, 3.8) is 0 Å². The van der Waals surface area contributed by atoms with Crippen molar-refractivity contribution >= 4 is 50.7 Å². The number of anilines is 1. The molecular weight excluding hydrogens is 485 g/mol. The third-order valence-electron chi connectivity index (χ3n) is 4.68. The minimum absolute atomic E-state index is 0.131. The van der Waals surface area contributed by atoms with Gasteiger partial charge in [-0.1, -0.05) is 53.5 Å². The van der Waals surface area contributed by atoms with Crippen molar-refractivity contribution in [2.75, 3.05) is 17.1 Å². The first kappa shape index (κ1) is 27.0. The first-order valence-corrected chi connectivity index (χ1v) is 12.9. The highest BCUT2D eigenvalue weighted by Gasteiger charge is 2.31. The normalized spacial score (nSPS) is 12.7. The summed E-state index contributed by atoms with van der Waals surface area (Å²) >= 11 is 12.1. The molecule has 1 N–H and O–H groups in total. The van der Waals surface area contributed by atoms with E-state index in [0.29, 0.717) is 0 Å². The summed E-state index contributed by atoms with van der Waals surface area (Å²) in [5.74, 6) is -0.888. The third kappa shape index (κ3) is 8.21. The molecule has 2 aromatic carbocycles. The highest BCUT2D eigenvalue weighted by molar-refractivity contribution is 7.92. The van der Waals surface area contributed by atoms with E-state index in [1.165, 1.54) is 23.1 Å². The fourth-order valence-corrected chi connectivity index (χ4v) is 4.48. The minimum atomic E-state index is -3.86. The molecule has 0 unspecified atom stereocenters. The van der Waals surface area contributed by atoms with Crippen LogP contribution in [0.15, 0.2) is 48.5 Å². The zero-order valence-electron chi connectivity index (χ0n) is 19.3. The van der Waals surface area contributed by atoms with E-state index in [9.17, 15) is 18.0 Å². The van der Waals surface area contributed by atoms with Crippen LogP contribution in [0.5, 0.6) is 0 Å². The number of sulfonamides is 1. The summed E-state index contributed by atoms with van der Waals surface area (Å²) in [5, 5.41) is 3.34. The second-order valence-corrected chi connectivity index (χ2v) is 11.6. The molecule has 0 radical (unpaired) electrons. The summed E-state index contributed by atoms with van der Waals surface area (Å²) in [7, 11) is -3.86. The van der Waals surface area contributed by atoms with Gasteiger partial charge in [0.1, 0.15) is 12.6 Å². The Kier molecular flexibility index (Phi) is 8.79. The lowest BCUT2D eigenvalue weighted by Crippen LogP contribution is -2.54. The van der Waals surface area contributed by atoms with E-state index in [-0.39, 0.29) is 28.2 Å². The standard InChI is InChI=1S/C23H29Cl2N3O4S/c1-16(22(30)26-23(2,3)4)27(14-17-9-7-6-8-10-17)21(29)15-28(33(5,31)32)20-12-18(24)11-19(25)13-20/h6-13,16H,14-15H2,1-5H3,(H,26,30)/t16-/m0/s1. The lowest BCUT2D eigenvalue weighted by atomic mass is 10.1. The first-order chi connectivity index (χ1) is 15.2. The number of rotatable bonds is 8. The summed E-state index contributed by atoms with van der Waals surface area (Å²) in [6.45, 7) is 6.75. The van der Waals surface area contributed by atoms with Gasteiger partial charge >= 0.3 is 0 Å². The van der Waals surface area contributed by atoms with Crippen molar-refractivity contribution < 1.29 is 18.0 Å². The summed E-state index contributed by atoms with van der Waals surface area (Å²) in [6, 6.07) is 12.6. The molecule has 0 saturated carbocycles. The maximum absolute atomic E-state index is 13.4. The Balaban J connectivity index is 2.41. The Morgan fingerprint density at radius 2 is 1.58 bits per heavy atom. The van der Waals surface area contributed by atoms with Crippen LogP contribution in [-0.2, 0) is 26.2 Å². The van der Waals surface area contributed by atoms with Crippen LogP contribution in [0.4, 0.5) is 5.69 Å². The van der Waals surface area contributed by atoms with Crippen molar-refractivity contribution in [2.45, 2.75) is 45.8 Å². The van der Waals surface area contributed by atoms with E-state index in [0.717, 1.165) is 16.1 Å². The molecule has 2 amide bonds. The van der Waals surface area contributed by atoms with E-state index in [4.69, 9.17) is 23.2 Å². The van der Waals surface area contributed by atoms with Crippen LogP contribution in [0.3, 0.4) is 0 Å². The lowest BCUT2D eigenvalue weighted by Gasteiger charge is -2.33. The van der Waals surface area contributed by atoms with Gasteiger partial charge in [-0.05, 0) is 51.5 Å². The molecule has 0 fully saturated rings. The third-order valence-corrected chi connectivity index (χ3v) is 6.25. The van der Waals surface area contributed by atoms with E-state index < -0.39 is 34.1 Å². The predicted octanol–water partition coefficient (Wildman–Crippen LogP) is 4.09. The largest absolute Gasteiger partial charge is 0.350 e. The molecule has 0 spiro atoms. The van der Waals surface area contributed by atoms with Crippen molar-refractivity contribution in [1.82, 2.24) is 10.2 Å². The first-order valence-electron chi connectivity index (χ1n) is 10.3. The van der Waals surface area contributed by atoms with Crippen LogP contribution in [-0.4, -0.2) is 49.5 Å². The molecule has 0 aromatic heterocycles. The van der Waals surface area contributed by atoms with Crippen LogP contribution >= 0.6 is 23.2 Å². The van der Waals surface area contributed by atoms with Crippen LogP contribution < -0.4 is 9.62 Å². The van der Waals surface area contributed by atoms with Gasteiger partial charge in [-0.25, -0.2) is 8.42 Å². The highest BCUT2D eigenvalue weighted by Crippen LogP contribution is 2.27. The van der Waals surface area contributed by atoms with E-state index >= 15 is 0 Å². The fraction of sp³-hybridized carbons (Fsp3) is 0.391. The number of hydrogen-bond donors (Lipinski definition) is 1. The maximum Gasteiger partial charge on any atom is 0.244 e. The van der Waals surface area contributed by atoms with Crippen molar-refractivity contribution in [3.05, 3.63) is 64.1 Å². The zero-order valence-corrected chi connectivity index (χ0v) is 21.6. The van der Waals surface area contributed by atoms with Crippen LogP contribution in [0.2, 0.25) is 10.0 Å². The molecule has 1 atom stereocenters. The minimum Gasteiger partial charge on any atom is -0.350 e. The number of hydrogen-bond acceptors (Lipinski definition) is 4. The quantitative estimate of drug-likeness (QED) is 0.575. The van der Waals surface area contributed by atoms with Gasteiger partial charge in [-0.3, -0.25) is 13.9 Å². The molecule has 0 aliphatic heterocycles. The Morgan fingerprint density at radius 1 is 1.03 bits per heavy atom. The number of amides is 2. The molecular formula is C23H29Cl2N3O4S. The van der Waals surface area contributed by atoms with E-state index in [1.54, 1.807) is 6.92 Å². The molecule has 0 saturated heterocycles. The van der Waals surface area contributed by atoms with E-state index in [2.05, 4.69) is 5.32 Å². The molecule has 2 aromatic rings. The van der Waals surface area contributed by atoms with Crippen molar-refractivity contribution in [1.29, 1.82) is 0 Å². The average molecular weight is 514 g/mol. The van der Waals surface area contributed by atoms with Gasteiger partial charge in [0.05, 0.1) is 11.9 Å². The van der Waals surface area contributed by atoms with Crippen molar-refractivity contribution in [3.8, 4) is 0 Å². The second-order valence-electron chi connectivity index (χ2n) is 8.82. The van der Waals surface area contributed by atoms with Gasteiger partial charge in [0.25, 0.3) is 0 Å². The molecule has 0 aliphatic rings. The molecule has 10 heteroatoms. The number of carbonyl (C=O) groups excluding carboxylic acids is 2. The van der Waals surface area contributed by atoms with Crippen molar-refractivity contribution in [2.24, 2.45) is 0 Å². The SMILES string of the molecule is C[C@@H](C(=O)NC(C)(C)C)N(Cc1ccccc1)C(=O)CN(c1cc(Cl)cc(Cl)c1)S(C)(=O)=O. The number of benzene rings is 2. The Hall–Kier alpha value is -2.29. The number of nitrogens with zero attached hydrogens (tertiary/aromatic N) is 2. The molecule has 7 nitrogen and oxygen atoms in total. The smallest absolute Gasteiger partial charge is 0.244 e. The Morgan fingerprint density at radius 3 is 2.06 bits per heavy atom. The lowest BCUT2D eigenvalue weighted by molar-refractivity contribution is -0.140. The van der Waals surface area contributed by atoms with Crippen LogP contribution in [0.25, 0.3) is 0 Å². The summed E-state index contributed by atoms with van der Waals surface area (Å²) in [5.41, 5.74) is 0.469. The molecule has 0 heterocycles. The molecule has 2 rings (SSSR count). The number of halogens is 2. The van der Waals surface area contributed by atoms with E-state index in [1.807, 2.05) is 51.1 Å². The summed E-state index contributed by atoms with van der Waals surface area (Å²) < 4.78 is 26.0. The predicted molar refractivity (Wildman–Crippen MR) is 133 cm³/mol. The summed E-state index contributed by atoms with van der Waals surface area (Å²) in [6.07, 6.45) is 0.992. The fourth-order valence-electron chi connectivity index (χ4n) is 3.13. The molecule has 0 aliphatic carbocycles. The van der Waals surface area contributed by atoms with Gasteiger partial charge < -0.3 is 10.2 Å². The monoisotopic (exact) mass is 513 g/mol. The zero-order chi connectivity index (χ0) is 25.0. The van der Waals surface area contributed by atoms with Gasteiger partial charge in [0.15, 0.2) is 0 Å². The van der Waals surface area contributed by atoms with Gasteiger partial charge in [-0.2, -0.15) is 0 Å². The second kappa shape index (κ2) is 10.8. The average Bonchev–Trinajstić information content (AvgIpc) is 2.67. The highest BCUT2D eigenvalue weighted by atomic mass is 35.5. The van der Waals surface area contributed by atoms with Crippen LogP contribution in [0, 0.1) is 0 Å². The Bertz CT molecular complexity index is 1080. The molecule has 180 valence electrons. The van der Waals surface area contributed by atoms with Gasteiger partial charge in [0, 0.05) is 22.1 Å². The maximum atomic E-state index is 13.4. The topological polar surface area (TPSA) is 86.8 Å².